The quantitative estimate of drug-likeness (QED) is 0.227. The average molecular weight is 526 g/mol. The van der Waals surface area contributed by atoms with Gasteiger partial charge in [0.1, 0.15) is 11.2 Å². The number of nitrogens with zero attached hydrogens (tertiary/aromatic N) is 1. The highest BCUT2D eigenvalue weighted by atomic mass is 16.3. The van der Waals surface area contributed by atoms with Gasteiger partial charge in [0.15, 0.2) is 0 Å². The average Bonchev–Trinajstić information content (AvgIpc) is 3.40. The third-order valence-electron chi connectivity index (χ3n) is 8.16. The van der Waals surface area contributed by atoms with Gasteiger partial charge >= 0.3 is 0 Å². The molecule has 0 fully saturated rings. The van der Waals surface area contributed by atoms with Crippen LogP contribution in [0, 0.1) is 6.92 Å². The Morgan fingerprint density at radius 2 is 1.15 bits per heavy atom. The number of hydrogen-bond acceptors (Lipinski definition) is 2. The predicted octanol–water partition coefficient (Wildman–Crippen LogP) is 11.3. The molecule has 0 saturated heterocycles. The Labute approximate surface area is 238 Å². The molecule has 1 aromatic heterocycles. The SMILES string of the molecule is Cc1ccccc1N(c1ccc2oc3ccccc3c2c1)c1ccc2ccccc2c1-c1ccc2ccccc2c1. The number of anilines is 3. The second-order valence-electron chi connectivity index (χ2n) is 10.6. The lowest BCUT2D eigenvalue weighted by Gasteiger charge is -2.30. The third kappa shape index (κ3) is 3.88. The van der Waals surface area contributed by atoms with Crippen molar-refractivity contribution in [3.05, 3.63) is 151 Å². The Bertz CT molecular complexity index is 2240. The highest BCUT2D eigenvalue weighted by Crippen LogP contribution is 2.46. The van der Waals surface area contributed by atoms with Crippen molar-refractivity contribution in [1.82, 2.24) is 0 Å². The van der Waals surface area contributed by atoms with Gasteiger partial charge in [-0.15, -0.1) is 0 Å². The predicted molar refractivity (Wildman–Crippen MR) is 174 cm³/mol. The van der Waals surface area contributed by atoms with Crippen LogP contribution in [0.25, 0.3) is 54.6 Å². The number of para-hydroxylation sites is 2. The van der Waals surface area contributed by atoms with Crippen LogP contribution >= 0.6 is 0 Å². The first-order valence-electron chi connectivity index (χ1n) is 14.0. The van der Waals surface area contributed by atoms with Crippen LogP contribution in [0.5, 0.6) is 0 Å². The van der Waals surface area contributed by atoms with Gasteiger partial charge in [-0.2, -0.15) is 0 Å². The lowest BCUT2D eigenvalue weighted by Crippen LogP contribution is -2.12. The van der Waals surface area contributed by atoms with Crippen LogP contribution in [-0.4, -0.2) is 0 Å². The Morgan fingerprint density at radius 1 is 0.463 bits per heavy atom. The molecule has 1 heterocycles. The fourth-order valence-electron chi connectivity index (χ4n) is 6.17. The largest absolute Gasteiger partial charge is 0.456 e. The molecule has 0 amide bonds. The van der Waals surface area contributed by atoms with Gasteiger partial charge in [0, 0.05) is 27.7 Å². The second-order valence-corrected chi connectivity index (χ2v) is 10.6. The summed E-state index contributed by atoms with van der Waals surface area (Å²) in [4.78, 5) is 2.41. The van der Waals surface area contributed by atoms with Gasteiger partial charge in [0.2, 0.25) is 0 Å². The first kappa shape index (κ1) is 23.5. The topological polar surface area (TPSA) is 16.4 Å². The minimum absolute atomic E-state index is 0.896. The first-order chi connectivity index (χ1) is 20.2. The Kier molecular flexibility index (Phi) is 5.39. The highest BCUT2D eigenvalue weighted by molar-refractivity contribution is 6.09. The molecule has 194 valence electrons. The first-order valence-corrected chi connectivity index (χ1v) is 14.0. The van der Waals surface area contributed by atoms with Gasteiger partial charge in [-0.05, 0) is 82.1 Å². The number of benzene rings is 7. The molecule has 0 atom stereocenters. The van der Waals surface area contributed by atoms with E-state index in [1.54, 1.807) is 0 Å². The van der Waals surface area contributed by atoms with E-state index in [0.717, 1.165) is 39.0 Å². The number of rotatable bonds is 4. The summed E-state index contributed by atoms with van der Waals surface area (Å²) in [6, 6.07) is 52.1. The molecule has 0 spiro atoms. The molecule has 0 saturated carbocycles. The van der Waals surface area contributed by atoms with Gasteiger partial charge in [-0.25, -0.2) is 0 Å². The van der Waals surface area contributed by atoms with Crippen LogP contribution in [0.4, 0.5) is 17.1 Å². The van der Waals surface area contributed by atoms with E-state index < -0.39 is 0 Å². The van der Waals surface area contributed by atoms with Crippen LogP contribution in [0.15, 0.2) is 150 Å². The van der Waals surface area contributed by atoms with Gasteiger partial charge in [0.25, 0.3) is 0 Å². The molecule has 2 nitrogen and oxygen atoms in total. The summed E-state index contributed by atoms with van der Waals surface area (Å²) in [7, 11) is 0. The minimum Gasteiger partial charge on any atom is -0.456 e. The fraction of sp³-hybridized carbons (Fsp3) is 0.0256. The molecule has 0 aliphatic heterocycles. The summed E-state index contributed by atoms with van der Waals surface area (Å²) in [5, 5.41) is 7.17. The summed E-state index contributed by atoms with van der Waals surface area (Å²) >= 11 is 0. The maximum Gasteiger partial charge on any atom is 0.135 e. The van der Waals surface area contributed by atoms with Crippen molar-refractivity contribution in [3.8, 4) is 11.1 Å². The summed E-state index contributed by atoms with van der Waals surface area (Å²) in [6.07, 6.45) is 0. The molecule has 2 heteroatoms. The lowest BCUT2D eigenvalue weighted by molar-refractivity contribution is 0.669. The maximum atomic E-state index is 6.20. The third-order valence-corrected chi connectivity index (χ3v) is 8.16. The molecule has 0 N–H and O–H groups in total. The Balaban J connectivity index is 1.45. The second kappa shape index (κ2) is 9.39. The van der Waals surface area contributed by atoms with Crippen LogP contribution in [-0.2, 0) is 0 Å². The van der Waals surface area contributed by atoms with E-state index in [-0.39, 0.29) is 0 Å². The number of furan rings is 1. The Morgan fingerprint density at radius 3 is 2.02 bits per heavy atom. The molecule has 0 aliphatic carbocycles. The van der Waals surface area contributed by atoms with Crippen molar-refractivity contribution < 1.29 is 4.42 Å². The van der Waals surface area contributed by atoms with E-state index in [1.807, 2.05) is 12.1 Å². The number of fused-ring (bicyclic) bond motifs is 5. The molecule has 8 aromatic rings. The van der Waals surface area contributed by atoms with Crippen LogP contribution in [0.3, 0.4) is 0 Å². The summed E-state index contributed by atoms with van der Waals surface area (Å²) in [6.45, 7) is 2.19. The Hall–Kier alpha value is -5.34. The molecule has 0 aliphatic rings. The van der Waals surface area contributed by atoms with E-state index in [0.29, 0.717) is 0 Å². The molecule has 7 aromatic carbocycles. The van der Waals surface area contributed by atoms with Crippen LogP contribution in [0.1, 0.15) is 5.56 Å². The molecule has 0 radical (unpaired) electrons. The minimum atomic E-state index is 0.896. The number of hydrogen-bond donors (Lipinski definition) is 0. The van der Waals surface area contributed by atoms with Gasteiger partial charge in [-0.1, -0.05) is 103 Å². The molecule has 8 rings (SSSR count). The highest BCUT2D eigenvalue weighted by Gasteiger charge is 2.22. The molecule has 0 bridgehead atoms. The fourth-order valence-corrected chi connectivity index (χ4v) is 6.17. The van der Waals surface area contributed by atoms with Crippen LogP contribution in [0.2, 0.25) is 0 Å². The summed E-state index contributed by atoms with van der Waals surface area (Å²) < 4.78 is 6.20. The van der Waals surface area contributed by atoms with Crippen LogP contribution < -0.4 is 4.90 Å². The zero-order valence-electron chi connectivity index (χ0n) is 22.7. The van der Waals surface area contributed by atoms with E-state index in [9.17, 15) is 0 Å². The molecule has 41 heavy (non-hydrogen) atoms. The van der Waals surface area contributed by atoms with Gasteiger partial charge in [0.05, 0.1) is 5.69 Å². The van der Waals surface area contributed by atoms with Crippen molar-refractivity contribution in [1.29, 1.82) is 0 Å². The van der Waals surface area contributed by atoms with E-state index in [2.05, 4.69) is 145 Å². The van der Waals surface area contributed by atoms with Gasteiger partial charge < -0.3 is 9.32 Å². The van der Waals surface area contributed by atoms with E-state index in [1.165, 1.54) is 38.2 Å². The van der Waals surface area contributed by atoms with Crippen molar-refractivity contribution in [2.75, 3.05) is 4.90 Å². The lowest BCUT2D eigenvalue weighted by atomic mass is 9.93. The van der Waals surface area contributed by atoms with Crippen molar-refractivity contribution in [2.45, 2.75) is 6.92 Å². The van der Waals surface area contributed by atoms with Crippen molar-refractivity contribution >= 4 is 60.5 Å². The summed E-state index contributed by atoms with van der Waals surface area (Å²) in [5.74, 6) is 0. The van der Waals surface area contributed by atoms with Crippen molar-refractivity contribution in [2.24, 2.45) is 0 Å². The number of aryl methyl sites for hydroxylation is 1. The zero-order valence-corrected chi connectivity index (χ0v) is 22.7. The smallest absolute Gasteiger partial charge is 0.135 e. The molecule has 0 unspecified atom stereocenters. The maximum absolute atomic E-state index is 6.20. The molecular weight excluding hydrogens is 498 g/mol. The summed E-state index contributed by atoms with van der Waals surface area (Å²) in [5.41, 5.74) is 8.81. The molecular formula is C39H27NO. The standard InChI is InChI=1S/C39H27NO/c1-26-10-2-8-16-35(26)40(31-21-23-38-34(25-31)33-15-7-9-17-37(33)41-38)36-22-20-28-12-5-6-14-32(28)39(36)30-19-18-27-11-3-4-13-29(27)24-30/h2-25H,1H3. The zero-order chi connectivity index (χ0) is 27.3. The van der Waals surface area contributed by atoms with E-state index >= 15 is 0 Å². The van der Waals surface area contributed by atoms with Crippen molar-refractivity contribution in [3.63, 3.8) is 0 Å². The van der Waals surface area contributed by atoms with E-state index in [4.69, 9.17) is 4.42 Å². The normalized spacial score (nSPS) is 11.5. The van der Waals surface area contributed by atoms with Gasteiger partial charge in [-0.3, -0.25) is 0 Å². The monoisotopic (exact) mass is 525 g/mol.